The van der Waals surface area contributed by atoms with Gasteiger partial charge < -0.3 is 5.32 Å². The molecular weight excluding hydrogens is 400 g/mol. The van der Waals surface area contributed by atoms with Crippen molar-refractivity contribution in [1.29, 1.82) is 0 Å². The average Bonchev–Trinajstić information content (AvgIpc) is 3.29. The number of fused-ring (bicyclic) bond motifs is 1. The van der Waals surface area contributed by atoms with Crippen LogP contribution in [0.15, 0.2) is 109 Å². The summed E-state index contributed by atoms with van der Waals surface area (Å²) in [4.78, 5) is 18.0. The lowest BCUT2D eigenvalue weighted by Gasteiger charge is -2.17. The number of carbonyl (C=O) groups excluding carboxylic acids is 1. The van der Waals surface area contributed by atoms with Crippen LogP contribution in [0.25, 0.3) is 22.0 Å². The highest BCUT2D eigenvalue weighted by atomic mass is 32.1. The number of thiazole rings is 1. The maximum absolute atomic E-state index is 13.3. The maximum Gasteiger partial charge on any atom is 0.238 e. The van der Waals surface area contributed by atoms with E-state index in [9.17, 15) is 4.79 Å². The Labute approximate surface area is 185 Å². The molecule has 1 aromatic heterocycles. The van der Waals surface area contributed by atoms with Crippen molar-refractivity contribution in [2.75, 3.05) is 5.32 Å². The average molecular weight is 421 g/mol. The Morgan fingerprint density at radius 2 is 1.35 bits per heavy atom. The van der Waals surface area contributed by atoms with Crippen LogP contribution in [-0.4, -0.2) is 10.9 Å². The molecule has 4 aromatic carbocycles. The van der Waals surface area contributed by atoms with Crippen LogP contribution < -0.4 is 5.32 Å². The normalized spacial score (nSPS) is 11.0. The number of rotatable bonds is 5. The molecule has 0 unspecified atom stereocenters. The Balaban J connectivity index is 1.42. The van der Waals surface area contributed by atoms with E-state index in [-0.39, 0.29) is 5.91 Å². The summed E-state index contributed by atoms with van der Waals surface area (Å²) in [7, 11) is 0. The fourth-order valence-electron chi connectivity index (χ4n) is 3.78. The van der Waals surface area contributed by atoms with Crippen LogP contribution in [-0.2, 0) is 4.79 Å². The molecule has 0 fully saturated rings. The zero-order chi connectivity index (χ0) is 21.0. The van der Waals surface area contributed by atoms with Gasteiger partial charge in [0, 0.05) is 10.9 Å². The van der Waals surface area contributed by atoms with E-state index >= 15 is 0 Å². The number of hydrogen-bond donors (Lipinski definition) is 1. The van der Waals surface area contributed by atoms with Gasteiger partial charge in [0.05, 0.1) is 11.6 Å². The molecule has 0 radical (unpaired) electrons. The van der Waals surface area contributed by atoms with E-state index < -0.39 is 5.92 Å². The number of nitrogens with zero attached hydrogens (tertiary/aromatic N) is 1. The summed E-state index contributed by atoms with van der Waals surface area (Å²) in [6.07, 6.45) is 0. The topological polar surface area (TPSA) is 42.0 Å². The molecule has 1 amide bonds. The van der Waals surface area contributed by atoms with Gasteiger partial charge in [-0.2, -0.15) is 0 Å². The standard InChI is InChI=1S/C27H20N2OS/c30-26(25(20-10-3-1-4-11-20)21-12-5-2-6-13-21)29-27-28-24(18-31-27)23-16-15-19-9-7-8-14-22(19)17-23/h1-18,25H,(H,28,29,30). The second-order valence-corrected chi connectivity index (χ2v) is 8.20. The maximum atomic E-state index is 13.3. The first-order chi connectivity index (χ1) is 15.3. The Bertz CT molecular complexity index is 1290. The van der Waals surface area contributed by atoms with Crippen molar-refractivity contribution in [3.05, 3.63) is 120 Å². The highest BCUT2D eigenvalue weighted by Gasteiger charge is 2.23. The minimum atomic E-state index is -0.393. The Hall–Kier alpha value is -3.76. The molecule has 0 bridgehead atoms. The van der Waals surface area contributed by atoms with Crippen molar-refractivity contribution < 1.29 is 4.79 Å². The smallest absolute Gasteiger partial charge is 0.238 e. The van der Waals surface area contributed by atoms with Crippen LogP contribution in [0.3, 0.4) is 0 Å². The lowest BCUT2D eigenvalue weighted by atomic mass is 9.90. The molecule has 0 saturated carbocycles. The number of benzene rings is 4. The lowest BCUT2D eigenvalue weighted by molar-refractivity contribution is -0.116. The number of aromatic nitrogens is 1. The van der Waals surface area contributed by atoms with Gasteiger partial charge in [0.25, 0.3) is 0 Å². The van der Waals surface area contributed by atoms with Crippen LogP contribution >= 0.6 is 11.3 Å². The van der Waals surface area contributed by atoms with Crippen molar-refractivity contribution >= 4 is 33.1 Å². The Kier molecular flexibility index (Phi) is 5.29. The van der Waals surface area contributed by atoms with Crippen LogP contribution in [0.1, 0.15) is 17.0 Å². The van der Waals surface area contributed by atoms with Crippen LogP contribution in [0, 0.1) is 0 Å². The van der Waals surface area contributed by atoms with Crippen molar-refractivity contribution in [2.24, 2.45) is 0 Å². The van der Waals surface area contributed by atoms with Crippen molar-refractivity contribution in [2.45, 2.75) is 5.92 Å². The number of amides is 1. The molecule has 1 heterocycles. The van der Waals surface area contributed by atoms with Gasteiger partial charge in [-0.1, -0.05) is 97.1 Å². The van der Waals surface area contributed by atoms with Gasteiger partial charge in [0.2, 0.25) is 5.91 Å². The molecule has 3 nitrogen and oxygen atoms in total. The monoisotopic (exact) mass is 420 g/mol. The Morgan fingerprint density at radius 3 is 2.03 bits per heavy atom. The third-order valence-electron chi connectivity index (χ3n) is 5.31. The Morgan fingerprint density at radius 1 is 0.742 bits per heavy atom. The van der Waals surface area contributed by atoms with E-state index in [1.165, 1.54) is 22.1 Å². The second-order valence-electron chi connectivity index (χ2n) is 7.34. The molecule has 1 N–H and O–H groups in total. The van der Waals surface area contributed by atoms with E-state index in [1.807, 2.05) is 78.2 Å². The summed E-state index contributed by atoms with van der Waals surface area (Å²) in [6.45, 7) is 0. The molecule has 5 aromatic rings. The van der Waals surface area contributed by atoms with E-state index in [0.717, 1.165) is 22.4 Å². The van der Waals surface area contributed by atoms with E-state index in [0.29, 0.717) is 5.13 Å². The van der Waals surface area contributed by atoms with Crippen molar-refractivity contribution in [3.63, 3.8) is 0 Å². The molecule has 0 aliphatic carbocycles. The number of nitrogens with one attached hydrogen (secondary N) is 1. The van der Waals surface area contributed by atoms with Crippen molar-refractivity contribution in [3.8, 4) is 11.3 Å². The molecule has 0 aliphatic rings. The number of hydrogen-bond acceptors (Lipinski definition) is 3. The molecule has 0 spiro atoms. The summed E-state index contributed by atoms with van der Waals surface area (Å²) < 4.78 is 0. The molecule has 0 saturated heterocycles. The molecule has 150 valence electrons. The first-order valence-electron chi connectivity index (χ1n) is 10.1. The fraction of sp³-hybridized carbons (Fsp3) is 0.0370. The van der Waals surface area contributed by atoms with Gasteiger partial charge >= 0.3 is 0 Å². The van der Waals surface area contributed by atoms with Crippen LogP contribution in [0.4, 0.5) is 5.13 Å². The second kappa shape index (κ2) is 8.54. The van der Waals surface area contributed by atoms with Gasteiger partial charge in [0.1, 0.15) is 0 Å². The zero-order valence-corrected chi connectivity index (χ0v) is 17.5. The van der Waals surface area contributed by atoms with Gasteiger partial charge in [-0.25, -0.2) is 4.98 Å². The largest absolute Gasteiger partial charge is 0.301 e. The summed E-state index contributed by atoms with van der Waals surface area (Å²) in [6, 6.07) is 34.3. The van der Waals surface area contributed by atoms with Crippen LogP contribution in [0.5, 0.6) is 0 Å². The van der Waals surface area contributed by atoms with Crippen molar-refractivity contribution in [1.82, 2.24) is 4.98 Å². The quantitative estimate of drug-likeness (QED) is 0.342. The summed E-state index contributed by atoms with van der Waals surface area (Å²) in [5.41, 5.74) is 3.81. The summed E-state index contributed by atoms with van der Waals surface area (Å²) >= 11 is 1.44. The highest BCUT2D eigenvalue weighted by Crippen LogP contribution is 2.30. The van der Waals surface area contributed by atoms with Gasteiger partial charge in [-0.15, -0.1) is 11.3 Å². The minimum Gasteiger partial charge on any atom is -0.301 e. The predicted molar refractivity (Wildman–Crippen MR) is 128 cm³/mol. The van der Waals surface area contributed by atoms with E-state index in [4.69, 9.17) is 0 Å². The van der Waals surface area contributed by atoms with Crippen LogP contribution in [0.2, 0.25) is 0 Å². The third kappa shape index (κ3) is 4.11. The summed E-state index contributed by atoms with van der Waals surface area (Å²) in [5.74, 6) is -0.479. The van der Waals surface area contributed by atoms with Gasteiger partial charge in [-0.05, 0) is 28.0 Å². The third-order valence-corrected chi connectivity index (χ3v) is 6.07. The molecule has 4 heteroatoms. The predicted octanol–water partition coefficient (Wildman–Crippen LogP) is 6.73. The lowest BCUT2D eigenvalue weighted by Crippen LogP contribution is -2.22. The molecular formula is C27H20N2OS. The fourth-order valence-corrected chi connectivity index (χ4v) is 4.50. The first kappa shape index (κ1) is 19.2. The van der Waals surface area contributed by atoms with Gasteiger partial charge in [-0.3, -0.25) is 4.79 Å². The van der Waals surface area contributed by atoms with Gasteiger partial charge in [0.15, 0.2) is 5.13 Å². The summed E-state index contributed by atoms with van der Waals surface area (Å²) in [5, 5.41) is 7.99. The highest BCUT2D eigenvalue weighted by molar-refractivity contribution is 7.14. The zero-order valence-electron chi connectivity index (χ0n) is 16.7. The molecule has 5 rings (SSSR count). The molecule has 0 aliphatic heterocycles. The molecule has 0 atom stereocenters. The van der Waals surface area contributed by atoms with E-state index in [1.54, 1.807) is 0 Å². The number of carbonyl (C=O) groups is 1. The SMILES string of the molecule is O=C(Nc1nc(-c2ccc3ccccc3c2)cs1)C(c1ccccc1)c1ccccc1. The first-order valence-corrected chi connectivity index (χ1v) is 11.0. The van der Waals surface area contributed by atoms with E-state index in [2.05, 4.69) is 40.6 Å². The molecule has 31 heavy (non-hydrogen) atoms. The minimum absolute atomic E-state index is 0.0863. The number of anilines is 1.